The average molecular weight is 833 g/mol. The van der Waals surface area contributed by atoms with Gasteiger partial charge in [-0.25, -0.2) is 0 Å². The van der Waals surface area contributed by atoms with Gasteiger partial charge in [0, 0.05) is 49.3 Å². The van der Waals surface area contributed by atoms with Crippen molar-refractivity contribution in [2.45, 2.75) is 0 Å². The number of rotatable bonds is 7. The predicted molar refractivity (Wildman–Crippen MR) is 271 cm³/mol. The highest BCUT2D eigenvalue weighted by Crippen LogP contribution is 2.41. The number of para-hydroxylation sites is 4. The lowest BCUT2D eigenvalue weighted by Gasteiger charge is -2.34. The molecule has 0 aliphatic heterocycles. The Balaban J connectivity index is 0.995. The Kier molecular flexibility index (Phi) is 8.23. The van der Waals surface area contributed by atoms with E-state index in [4.69, 9.17) is 4.42 Å². The molecule has 3 heterocycles. The van der Waals surface area contributed by atoms with Crippen LogP contribution in [-0.2, 0) is 0 Å². The second-order valence-corrected chi connectivity index (χ2v) is 20.6. The highest BCUT2D eigenvalue weighted by Gasteiger charge is 2.41. The first-order valence-electron chi connectivity index (χ1n) is 22.0. The van der Waals surface area contributed by atoms with Gasteiger partial charge in [0.1, 0.15) is 11.2 Å². The van der Waals surface area contributed by atoms with E-state index in [-0.39, 0.29) is 0 Å². The third-order valence-corrected chi connectivity index (χ3v) is 18.3. The molecule has 13 aromatic rings. The standard InChI is InChI=1S/C60H40N2OSi/c1-4-17-44(18-5-1)64(45-19-6-2-7-20-45,46-21-8-3-9-22-46)47-35-32-42(33-36-47)61-55-28-13-11-24-50(55)54-40-43(34-38-57(54)61)62-56-29-14-10-23-49(56)53-27-16-26-48(60(53)62)41-31-37-52-51-25-12-15-30-58(51)63-59(52)39-41/h1-40H. The van der Waals surface area contributed by atoms with Crippen LogP contribution in [0.1, 0.15) is 0 Å². The first-order valence-corrected chi connectivity index (χ1v) is 24.0. The topological polar surface area (TPSA) is 23.0 Å². The SMILES string of the molecule is c1ccc([Si](c2ccccc2)(c2ccccc2)c2ccc(-n3c4ccccc4c4cc(-n5c6ccccc6c6cccc(-c7ccc8c(c7)oc7ccccc78)c65)ccc43)cc2)cc1. The number of benzene rings is 10. The van der Waals surface area contributed by atoms with E-state index in [0.29, 0.717) is 0 Å². The van der Waals surface area contributed by atoms with Crippen molar-refractivity contribution in [2.24, 2.45) is 0 Å². The van der Waals surface area contributed by atoms with Crippen molar-refractivity contribution in [3.8, 4) is 22.5 Å². The van der Waals surface area contributed by atoms with Gasteiger partial charge in [-0.1, -0.05) is 182 Å². The normalized spacial score (nSPS) is 12.1. The lowest BCUT2D eigenvalue weighted by molar-refractivity contribution is 0.669. The van der Waals surface area contributed by atoms with Gasteiger partial charge in [-0.05, 0) is 87.0 Å². The van der Waals surface area contributed by atoms with Crippen LogP contribution >= 0.6 is 0 Å². The summed E-state index contributed by atoms with van der Waals surface area (Å²) >= 11 is 0. The van der Waals surface area contributed by atoms with Gasteiger partial charge in [0.25, 0.3) is 0 Å². The quantitative estimate of drug-likeness (QED) is 0.116. The molecule has 0 N–H and O–H groups in total. The molecule has 0 fully saturated rings. The van der Waals surface area contributed by atoms with Crippen LogP contribution in [0, 0.1) is 0 Å². The Bertz CT molecular complexity index is 3790. The molecule has 0 aliphatic rings. The van der Waals surface area contributed by atoms with Crippen molar-refractivity contribution < 1.29 is 4.42 Å². The fraction of sp³-hybridized carbons (Fsp3) is 0. The summed E-state index contributed by atoms with van der Waals surface area (Å²) in [6, 6.07) is 89.2. The molecule has 0 saturated carbocycles. The molecular weight excluding hydrogens is 793 g/mol. The number of hydrogen-bond acceptors (Lipinski definition) is 1. The first kappa shape index (κ1) is 36.5. The lowest BCUT2D eigenvalue weighted by Crippen LogP contribution is -2.74. The van der Waals surface area contributed by atoms with E-state index in [1.807, 2.05) is 12.1 Å². The highest BCUT2D eigenvalue weighted by atomic mass is 28.3. The number of furan rings is 1. The van der Waals surface area contributed by atoms with E-state index >= 15 is 0 Å². The van der Waals surface area contributed by atoms with Crippen LogP contribution in [0.15, 0.2) is 247 Å². The summed E-state index contributed by atoms with van der Waals surface area (Å²) in [5, 5.41) is 12.6. The van der Waals surface area contributed by atoms with Gasteiger partial charge in [0.05, 0.1) is 22.1 Å². The van der Waals surface area contributed by atoms with Crippen LogP contribution in [0.4, 0.5) is 0 Å². The van der Waals surface area contributed by atoms with Crippen molar-refractivity contribution in [3.63, 3.8) is 0 Å². The van der Waals surface area contributed by atoms with Crippen molar-refractivity contribution in [1.82, 2.24) is 9.13 Å². The Morgan fingerprint density at radius 1 is 0.297 bits per heavy atom. The van der Waals surface area contributed by atoms with Gasteiger partial charge >= 0.3 is 0 Å². The molecule has 64 heavy (non-hydrogen) atoms. The van der Waals surface area contributed by atoms with Crippen LogP contribution in [0.25, 0.3) is 88.1 Å². The maximum Gasteiger partial charge on any atom is 0.179 e. The minimum Gasteiger partial charge on any atom is -0.456 e. The molecule has 0 atom stereocenters. The number of fused-ring (bicyclic) bond motifs is 9. The van der Waals surface area contributed by atoms with E-state index in [1.165, 1.54) is 69.9 Å². The summed E-state index contributed by atoms with van der Waals surface area (Å²) in [4.78, 5) is 0. The van der Waals surface area contributed by atoms with Gasteiger partial charge < -0.3 is 13.6 Å². The van der Waals surface area contributed by atoms with Gasteiger partial charge in [0.15, 0.2) is 8.07 Å². The van der Waals surface area contributed by atoms with E-state index < -0.39 is 8.07 Å². The Morgan fingerprint density at radius 2 is 0.797 bits per heavy atom. The van der Waals surface area contributed by atoms with Gasteiger partial charge in [-0.2, -0.15) is 0 Å². The van der Waals surface area contributed by atoms with E-state index in [0.717, 1.165) is 38.9 Å². The minimum atomic E-state index is -2.67. The van der Waals surface area contributed by atoms with Crippen LogP contribution in [0.3, 0.4) is 0 Å². The molecule has 0 unspecified atom stereocenters. The first-order chi connectivity index (χ1) is 31.8. The number of hydrogen-bond donors (Lipinski definition) is 0. The molecular formula is C60H40N2OSi. The maximum absolute atomic E-state index is 6.40. The second kappa shape index (κ2) is 14.5. The molecule has 300 valence electrons. The summed E-state index contributed by atoms with van der Waals surface area (Å²) < 4.78 is 11.3. The molecule has 0 amide bonds. The molecule has 4 heteroatoms. The molecule has 0 bridgehead atoms. The van der Waals surface area contributed by atoms with Gasteiger partial charge in [0.2, 0.25) is 0 Å². The molecule has 0 spiro atoms. The molecule has 3 aromatic heterocycles. The third-order valence-electron chi connectivity index (χ3n) is 13.5. The monoisotopic (exact) mass is 832 g/mol. The Labute approximate surface area is 371 Å². The van der Waals surface area contributed by atoms with Crippen LogP contribution in [0.2, 0.25) is 0 Å². The molecule has 0 aliphatic carbocycles. The van der Waals surface area contributed by atoms with Crippen molar-refractivity contribution >= 4 is 94.4 Å². The van der Waals surface area contributed by atoms with Crippen LogP contribution < -0.4 is 20.7 Å². The molecule has 10 aromatic carbocycles. The maximum atomic E-state index is 6.40. The van der Waals surface area contributed by atoms with Crippen molar-refractivity contribution in [3.05, 3.63) is 243 Å². The summed E-state index contributed by atoms with van der Waals surface area (Å²) in [7, 11) is -2.67. The zero-order valence-electron chi connectivity index (χ0n) is 34.9. The predicted octanol–water partition coefficient (Wildman–Crippen LogP) is 12.8. The second-order valence-electron chi connectivity index (χ2n) is 16.8. The van der Waals surface area contributed by atoms with E-state index in [1.54, 1.807) is 0 Å². The summed E-state index contributed by atoms with van der Waals surface area (Å²) in [5.41, 5.74) is 11.1. The zero-order chi connectivity index (χ0) is 42.2. The largest absolute Gasteiger partial charge is 0.456 e. The third kappa shape index (κ3) is 5.39. The molecule has 13 rings (SSSR count). The lowest BCUT2D eigenvalue weighted by atomic mass is 10.0. The zero-order valence-corrected chi connectivity index (χ0v) is 35.9. The highest BCUT2D eigenvalue weighted by molar-refractivity contribution is 7.19. The molecule has 0 saturated heterocycles. The van der Waals surface area contributed by atoms with Crippen LogP contribution in [-0.4, -0.2) is 17.2 Å². The van der Waals surface area contributed by atoms with E-state index in [9.17, 15) is 0 Å². The molecule has 3 nitrogen and oxygen atoms in total. The van der Waals surface area contributed by atoms with E-state index in [2.05, 4.69) is 240 Å². The summed E-state index contributed by atoms with van der Waals surface area (Å²) in [6.07, 6.45) is 0. The Hall–Kier alpha value is -8.18. The average Bonchev–Trinajstić information content (AvgIpc) is 4.03. The summed E-state index contributed by atoms with van der Waals surface area (Å²) in [5.74, 6) is 0. The minimum absolute atomic E-state index is 0.897. The summed E-state index contributed by atoms with van der Waals surface area (Å²) in [6.45, 7) is 0. The smallest absolute Gasteiger partial charge is 0.179 e. The van der Waals surface area contributed by atoms with Crippen molar-refractivity contribution in [1.29, 1.82) is 0 Å². The fourth-order valence-electron chi connectivity index (χ4n) is 10.7. The number of aromatic nitrogens is 2. The molecule has 0 radical (unpaired) electrons. The van der Waals surface area contributed by atoms with Crippen molar-refractivity contribution in [2.75, 3.05) is 0 Å². The number of nitrogens with zero attached hydrogens (tertiary/aromatic N) is 2. The fourth-order valence-corrected chi connectivity index (χ4v) is 15.5. The Morgan fingerprint density at radius 3 is 1.47 bits per heavy atom. The van der Waals surface area contributed by atoms with Gasteiger partial charge in [-0.15, -0.1) is 0 Å². The van der Waals surface area contributed by atoms with Crippen LogP contribution in [0.5, 0.6) is 0 Å². The van der Waals surface area contributed by atoms with Gasteiger partial charge in [-0.3, -0.25) is 0 Å².